The summed E-state index contributed by atoms with van der Waals surface area (Å²) in [6.45, 7) is 0.350. The number of benzene rings is 2. The quantitative estimate of drug-likeness (QED) is 0.725. The second kappa shape index (κ2) is 6.89. The fourth-order valence-corrected chi connectivity index (χ4v) is 2.35. The fourth-order valence-electron chi connectivity index (χ4n) is 1.99. The molecular weight excluding hydrogens is 337 g/mol. The van der Waals surface area contributed by atoms with Gasteiger partial charge >= 0.3 is 0 Å². The highest BCUT2D eigenvalue weighted by Crippen LogP contribution is 2.30. The molecular formula is C16H13Cl2N3O2. The number of rotatable bonds is 5. The fraction of sp³-hybridized carbons (Fsp3) is 0.125. The number of hydrogen-bond donors (Lipinski definition) is 1. The Labute approximate surface area is 143 Å². The summed E-state index contributed by atoms with van der Waals surface area (Å²) >= 11 is 12.1. The van der Waals surface area contributed by atoms with Gasteiger partial charge in [0.15, 0.2) is 0 Å². The van der Waals surface area contributed by atoms with E-state index >= 15 is 0 Å². The molecule has 3 aromatic rings. The Bertz CT molecular complexity index is 803. The zero-order valence-corrected chi connectivity index (χ0v) is 13.7. The van der Waals surface area contributed by atoms with Crippen molar-refractivity contribution in [3.63, 3.8) is 0 Å². The number of aromatic nitrogens is 2. The normalized spacial score (nSPS) is 10.6. The largest absolute Gasteiger partial charge is 0.497 e. The summed E-state index contributed by atoms with van der Waals surface area (Å²) in [7, 11) is 1.62. The second-order valence-electron chi connectivity index (χ2n) is 4.68. The van der Waals surface area contributed by atoms with Gasteiger partial charge in [0.25, 0.3) is 0 Å². The Morgan fingerprint density at radius 3 is 2.61 bits per heavy atom. The van der Waals surface area contributed by atoms with Crippen LogP contribution >= 0.6 is 23.2 Å². The van der Waals surface area contributed by atoms with Crippen molar-refractivity contribution in [3.8, 4) is 17.2 Å². The first-order chi connectivity index (χ1) is 11.2. The molecule has 1 aromatic heterocycles. The first kappa shape index (κ1) is 15.6. The van der Waals surface area contributed by atoms with Crippen LogP contribution in [0.5, 0.6) is 5.75 Å². The molecule has 0 saturated heterocycles. The number of nitrogens with one attached hydrogen (secondary N) is 1. The zero-order valence-electron chi connectivity index (χ0n) is 12.2. The van der Waals surface area contributed by atoms with Gasteiger partial charge in [0.05, 0.1) is 29.4 Å². The summed E-state index contributed by atoms with van der Waals surface area (Å²) < 4.78 is 10.8. The zero-order chi connectivity index (χ0) is 16.2. The van der Waals surface area contributed by atoms with Crippen LogP contribution in [0.3, 0.4) is 0 Å². The van der Waals surface area contributed by atoms with E-state index in [2.05, 4.69) is 15.5 Å². The Morgan fingerprint density at radius 2 is 1.87 bits per heavy atom. The van der Waals surface area contributed by atoms with Crippen molar-refractivity contribution in [1.29, 1.82) is 0 Å². The van der Waals surface area contributed by atoms with Gasteiger partial charge in [-0.3, -0.25) is 0 Å². The predicted molar refractivity (Wildman–Crippen MR) is 90.1 cm³/mol. The summed E-state index contributed by atoms with van der Waals surface area (Å²) in [6, 6.07) is 12.8. The molecule has 0 aliphatic heterocycles. The summed E-state index contributed by atoms with van der Waals surface area (Å²) in [6.07, 6.45) is 0. The van der Waals surface area contributed by atoms with Crippen LogP contribution in [0.2, 0.25) is 10.0 Å². The molecule has 0 amide bonds. The Balaban J connectivity index is 1.70. The van der Waals surface area contributed by atoms with E-state index in [1.165, 1.54) is 0 Å². The lowest BCUT2D eigenvalue weighted by molar-refractivity contribution is 0.415. The van der Waals surface area contributed by atoms with E-state index < -0.39 is 0 Å². The van der Waals surface area contributed by atoms with Gasteiger partial charge in [-0.15, -0.1) is 10.2 Å². The van der Waals surface area contributed by atoms with Gasteiger partial charge < -0.3 is 14.5 Å². The lowest BCUT2D eigenvalue weighted by Crippen LogP contribution is -2.00. The average molecular weight is 350 g/mol. The van der Waals surface area contributed by atoms with Crippen molar-refractivity contribution in [2.75, 3.05) is 12.4 Å². The Kier molecular flexibility index (Phi) is 4.69. The first-order valence-electron chi connectivity index (χ1n) is 6.82. The molecule has 0 aliphatic rings. The van der Waals surface area contributed by atoms with E-state index in [1.807, 2.05) is 36.4 Å². The van der Waals surface area contributed by atoms with Crippen LogP contribution in [0, 0.1) is 0 Å². The van der Waals surface area contributed by atoms with Gasteiger partial charge in [-0.1, -0.05) is 29.3 Å². The molecule has 1 N–H and O–H groups in total. The number of halogens is 2. The number of hydrogen-bond acceptors (Lipinski definition) is 5. The van der Waals surface area contributed by atoms with Crippen LogP contribution in [-0.2, 0) is 6.54 Å². The first-order valence-corrected chi connectivity index (χ1v) is 7.57. The van der Waals surface area contributed by atoms with Gasteiger partial charge in [0, 0.05) is 5.56 Å². The molecule has 0 unspecified atom stereocenters. The van der Waals surface area contributed by atoms with Gasteiger partial charge in [-0.05, 0) is 36.4 Å². The third kappa shape index (κ3) is 3.57. The summed E-state index contributed by atoms with van der Waals surface area (Å²) in [5.41, 5.74) is 1.54. The minimum Gasteiger partial charge on any atom is -0.497 e. The topological polar surface area (TPSA) is 60.2 Å². The minimum absolute atomic E-state index is 0.350. The third-order valence-corrected chi connectivity index (χ3v) is 4.00. The Morgan fingerprint density at radius 1 is 1.09 bits per heavy atom. The van der Waals surface area contributed by atoms with Crippen LogP contribution < -0.4 is 10.1 Å². The minimum atomic E-state index is 0.350. The molecule has 7 heteroatoms. The van der Waals surface area contributed by atoms with Crippen molar-refractivity contribution in [1.82, 2.24) is 10.2 Å². The van der Waals surface area contributed by atoms with Gasteiger partial charge in [0.2, 0.25) is 11.8 Å². The maximum absolute atomic E-state index is 6.12. The maximum Gasteiger partial charge on any atom is 0.247 e. The van der Waals surface area contributed by atoms with Crippen molar-refractivity contribution in [2.24, 2.45) is 0 Å². The average Bonchev–Trinajstić information content (AvgIpc) is 3.05. The van der Waals surface area contributed by atoms with Crippen molar-refractivity contribution < 1.29 is 9.15 Å². The van der Waals surface area contributed by atoms with Crippen LogP contribution in [0.4, 0.5) is 5.69 Å². The molecule has 2 aromatic carbocycles. The number of ether oxygens (including phenoxy) is 1. The molecule has 23 heavy (non-hydrogen) atoms. The van der Waals surface area contributed by atoms with E-state index in [9.17, 15) is 0 Å². The van der Waals surface area contributed by atoms with Gasteiger partial charge in [-0.25, -0.2) is 0 Å². The Hall–Kier alpha value is -2.24. The molecule has 0 fully saturated rings. The van der Waals surface area contributed by atoms with Crippen molar-refractivity contribution in [3.05, 3.63) is 58.4 Å². The maximum atomic E-state index is 6.12. The van der Waals surface area contributed by atoms with E-state index in [-0.39, 0.29) is 0 Å². The standard InChI is InChI=1S/C16H13Cl2N3O2/c1-22-11-7-5-10(6-8-11)16-21-20-14(23-16)9-19-13-4-2-3-12(17)15(13)18/h2-8,19H,9H2,1H3. The van der Waals surface area contributed by atoms with E-state index in [0.29, 0.717) is 34.1 Å². The van der Waals surface area contributed by atoms with Crippen LogP contribution in [0.25, 0.3) is 11.5 Å². The van der Waals surface area contributed by atoms with Crippen LogP contribution in [-0.4, -0.2) is 17.3 Å². The highest BCUT2D eigenvalue weighted by Gasteiger charge is 2.10. The molecule has 0 saturated carbocycles. The summed E-state index contributed by atoms with van der Waals surface area (Å²) in [5.74, 6) is 1.67. The highest BCUT2D eigenvalue weighted by atomic mass is 35.5. The molecule has 0 bridgehead atoms. The monoisotopic (exact) mass is 349 g/mol. The van der Waals surface area contributed by atoms with Crippen molar-refractivity contribution in [2.45, 2.75) is 6.54 Å². The predicted octanol–water partition coefficient (Wildman–Crippen LogP) is 4.66. The molecule has 1 heterocycles. The summed E-state index contributed by atoms with van der Waals surface area (Å²) in [4.78, 5) is 0. The lowest BCUT2D eigenvalue weighted by Gasteiger charge is -2.06. The molecule has 0 atom stereocenters. The molecule has 0 radical (unpaired) electrons. The van der Waals surface area contributed by atoms with Crippen LogP contribution in [0.1, 0.15) is 5.89 Å². The molecule has 118 valence electrons. The van der Waals surface area contributed by atoms with Crippen molar-refractivity contribution >= 4 is 28.9 Å². The van der Waals surface area contributed by atoms with Gasteiger partial charge in [0.1, 0.15) is 5.75 Å². The molecule has 5 nitrogen and oxygen atoms in total. The molecule has 0 aliphatic carbocycles. The number of nitrogens with zero attached hydrogens (tertiary/aromatic N) is 2. The van der Waals surface area contributed by atoms with Crippen LogP contribution in [0.15, 0.2) is 46.9 Å². The number of anilines is 1. The SMILES string of the molecule is COc1ccc(-c2nnc(CNc3cccc(Cl)c3Cl)o2)cc1. The van der Waals surface area contributed by atoms with E-state index in [1.54, 1.807) is 13.2 Å². The van der Waals surface area contributed by atoms with E-state index in [4.69, 9.17) is 32.4 Å². The lowest BCUT2D eigenvalue weighted by atomic mass is 10.2. The summed E-state index contributed by atoms with van der Waals surface area (Å²) in [5, 5.41) is 12.1. The third-order valence-electron chi connectivity index (χ3n) is 3.19. The highest BCUT2D eigenvalue weighted by molar-refractivity contribution is 6.43. The molecule has 3 rings (SSSR count). The molecule has 0 spiro atoms. The number of methoxy groups -OCH3 is 1. The van der Waals surface area contributed by atoms with E-state index in [0.717, 1.165) is 11.3 Å². The second-order valence-corrected chi connectivity index (χ2v) is 5.47. The smallest absolute Gasteiger partial charge is 0.247 e. The van der Waals surface area contributed by atoms with Gasteiger partial charge in [-0.2, -0.15) is 0 Å².